The number of benzene rings is 2. The second kappa shape index (κ2) is 7.67. The third-order valence-electron chi connectivity index (χ3n) is 5.02. The molecule has 1 heterocycles. The van der Waals surface area contributed by atoms with Gasteiger partial charge < -0.3 is 0 Å². The van der Waals surface area contributed by atoms with Crippen molar-refractivity contribution in [3.63, 3.8) is 0 Å². The van der Waals surface area contributed by atoms with E-state index in [0.717, 1.165) is 10.6 Å². The van der Waals surface area contributed by atoms with Gasteiger partial charge in [-0.3, -0.25) is 24.5 Å². The fraction of sp³-hybridized carbons (Fsp3) is 0.300. The summed E-state index contributed by atoms with van der Waals surface area (Å²) in [4.78, 5) is 41.4. The van der Waals surface area contributed by atoms with E-state index in [1.165, 1.54) is 12.1 Å². The molecule has 0 radical (unpaired) electrons. The Hall–Kier alpha value is -3.06. The first-order valence-electron chi connectivity index (χ1n) is 8.77. The monoisotopic (exact) mass is 368 g/mol. The second-order valence-electron chi connectivity index (χ2n) is 6.49. The first kappa shape index (κ1) is 18.7. The molecule has 1 saturated heterocycles. The molecule has 7 heteroatoms. The number of nitro benzene ring substituents is 1. The van der Waals surface area contributed by atoms with Crippen molar-refractivity contribution < 1.29 is 19.3 Å². The molecule has 140 valence electrons. The first-order chi connectivity index (χ1) is 13.0. The lowest BCUT2D eigenvalue weighted by atomic mass is 9.71. The van der Waals surface area contributed by atoms with Gasteiger partial charge in [0.1, 0.15) is 6.61 Å². The number of imide groups is 1. The second-order valence-corrected chi connectivity index (χ2v) is 6.49. The van der Waals surface area contributed by atoms with E-state index < -0.39 is 16.2 Å². The summed E-state index contributed by atoms with van der Waals surface area (Å²) in [6, 6.07) is 15.2. The normalized spacial score (nSPS) is 20.0. The Labute approximate surface area is 156 Å². The van der Waals surface area contributed by atoms with Crippen LogP contribution in [0, 0.1) is 10.1 Å². The van der Waals surface area contributed by atoms with Crippen LogP contribution in [-0.2, 0) is 26.4 Å². The molecule has 1 fully saturated rings. The van der Waals surface area contributed by atoms with E-state index in [9.17, 15) is 19.7 Å². The zero-order valence-electron chi connectivity index (χ0n) is 15.0. The summed E-state index contributed by atoms with van der Waals surface area (Å²) in [7, 11) is 0. The van der Waals surface area contributed by atoms with Crippen molar-refractivity contribution in [3.05, 3.63) is 75.8 Å². The predicted octanol–water partition coefficient (Wildman–Crippen LogP) is 3.52. The maximum Gasteiger partial charge on any atom is 0.269 e. The van der Waals surface area contributed by atoms with Gasteiger partial charge in [-0.15, -0.1) is 0 Å². The largest absolute Gasteiger partial charge is 0.272 e. The average Bonchev–Trinajstić information content (AvgIpc) is 2.69. The first-order valence-corrected chi connectivity index (χ1v) is 8.77. The lowest BCUT2D eigenvalue weighted by Crippen LogP contribution is -2.53. The molecule has 0 bridgehead atoms. The van der Waals surface area contributed by atoms with Crippen LogP contribution in [0.3, 0.4) is 0 Å². The number of non-ortho nitro benzene ring substituents is 1. The van der Waals surface area contributed by atoms with Crippen molar-refractivity contribution in [2.45, 2.75) is 38.2 Å². The van der Waals surface area contributed by atoms with Crippen LogP contribution < -0.4 is 0 Å². The average molecular weight is 368 g/mol. The molecule has 1 aliphatic rings. The molecular formula is C20H20N2O5. The fourth-order valence-corrected chi connectivity index (χ4v) is 3.38. The molecule has 27 heavy (non-hydrogen) atoms. The minimum Gasteiger partial charge on any atom is -0.272 e. The molecule has 0 aliphatic carbocycles. The van der Waals surface area contributed by atoms with Gasteiger partial charge in [0.15, 0.2) is 0 Å². The molecular weight excluding hydrogens is 348 g/mol. The fourth-order valence-electron chi connectivity index (χ4n) is 3.38. The third kappa shape index (κ3) is 3.59. The van der Waals surface area contributed by atoms with Crippen LogP contribution in [0.2, 0.25) is 0 Å². The van der Waals surface area contributed by atoms with Crippen molar-refractivity contribution in [2.75, 3.05) is 0 Å². The van der Waals surface area contributed by atoms with Crippen LogP contribution in [0.25, 0.3) is 0 Å². The van der Waals surface area contributed by atoms with Crippen LogP contribution in [0.1, 0.15) is 37.3 Å². The van der Waals surface area contributed by atoms with Crippen molar-refractivity contribution in [1.82, 2.24) is 5.06 Å². The molecule has 1 atom stereocenters. The molecule has 0 unspecified atom stereocenters. The van der Waals surface area contributed by atoms with Gasteiger partial charge in [-0.05, 0) is 24.0 Å². The molecule has 1 aliphatic heterocycles. The molecule has 0 saturated carbocycles. The maximum absolute atomic E-state index is 13.2. The lowest BCUT2D eigenvalue weighted by molar-refractivity contribution is -0.384. The van der Waals surface area contributed by atoms with Crippen LogP contribution >= 0.6 is 0 Å². The number of carbonyl (C=O) groups excluding carboxylic acids is 2. The van der Waals surface area contributed by atoms with Gasteiger partial charge in [0.2, 0.25) is 0 Å². The van der Waals surface area contributed by atoms with E-state index >= 15 is 0 Å². The van der Waals surface area contributed by atoms with E-state index in [1.54, 1.807) is 12.1 Å². The highest BCUT2D eigenvalue weighted by Crippen LogP contribution is 2.39. The molecule has 2 aromatic rings. The van der Waals surface area contributed by atoms with E-state index in [-0.39, 0.29) is 24.6 Å². The molecule has 0 aromatic heterocycles. The van der Waals surface area contributed by atoms with Gasteiger partial charge in [0, 0.05) is 18.6 Å². The highest BCUT2D eigenvalue weighted by atomic mass is 16.7. The Bertz CT molecular complexity index is 850. The zero-order valence-corrected chi connectivity index (χ0v) is 15.0. The van der Waals surface area contributed by atoms with Crippen molar-refractivity contribution in [3.8, 4) is 0 Å². The summed E-state index contributed by atoms with van der Waals surface area (Å²) in [5.41, 5.74) is 0.531. The number of nitro groups is 1. The number of amides is 2. The topological polar surface area (TPSA) is 89.8 Å². The molecule has 0 N–H and O–H groups in total. The number of nitrogens with zero attached hydrogens (tertiary/aromatic N) is 2. The summed E-state index contributed by atoms with van der Waals surface area (Å²) < 4.78 is 0. The quantitative estimate of drug-likeness (QED) is 0.442. The van der Waals surface area contributed by atoms with Crippen molar-refractivity contribution in [1.29, 1.82) is 0 Å². The van der Waals surface area contributed by atoms with Gasteiger partial charge in [-0.2, -0.15) is 5.06 Å². The van der Waals surface area contributed by atoms with Crippen molar-refractivity contribution in [2.24, 2.45) is 0 Å². The Morgan fingerprint density at radius 1 is 1.11 bits per heavy atom. The summed E-state index contributed by atoms with van der Waals surface area (Å²) in [6.07, 6.45) is 0.984. The Balaban J connectivity index is 1.86. The van der Waals surface area contributed by atoms with Gasteiger partial charge >= 0.3 is 0 Å². The van der Waals surface area contributed by atoms with Gasteiger partial charge in [-0.25, -0.2) is 0 Å². The van der Waals surface area contributed by atoms with Gasteiger partial charge in [0.05, 0.1) is 10.3 Å². The van der Waals surface area contributed by atoms with Crippen LogP contribution in [-0.4, -0.2) is 21.8 Å². The van der Waals surface area contributed by atoms with E-state index in [0.29, 0.717) is 18.4 Å². The Morgan fingerprint density at radius 3 is 2.37 bits per heavy atom. The zero-order chi connectivity index (χ0) is 19.4. The van der Waals surface area contributed by atoms with E-state index in [2.05, 4.69) is 0 Å². The standard InChI is InChI=1S/C20H20N2O5/c1-2-20(16-8-10-17(11-9-16)22(25)26)13-12-18(23)21(19(20)24)27-14-15-6-4-3-5-7-15/h3-11H,2,12-14H2,1H3/t20-/m1/s1. The Morgan fingerprint density at radius 2 is 1.78 bits per heavy atom. The van der Waals surface area contributed by atoms with Crippen LogP contribution in [0.5, 0.6) is 0 Å². The number of hydrogen-bond acceptors (Lipinski definition) is 5. The van der Waals surface area contributed by atoms with E-state index in [1.807, 2.05) is 37.3 Å². The Kier molecular flexibility index (Phi) is 5.32. The predicted molar refractivity (Wildman–Crippen MR) is 97.4 cm³/mol. The molecule has 2 aromatic carbocycles. The van der Waals surface area contributed by atoms with Crippen LogP contribution in [0.15, 0.2) is 54.6 Å². The maximum atomic E-state index is 13.2. The van der Waals surface area contributed by atoms with Crippen molar-refractivity contribution >= 4 is 17.5 Å². The highest BCUT2D eigenvalue weighted by Gasteiger charge is 2.48. The molecule has 2 amide bonds. The van der Waals surface area contributed by atoms with Gasteiger partial charge in [-0.1, -0.05) is 49.4 Å². The van der Waals surface area contributed by atoms with Crippen LogP contribution in [0.4, 0.5) is 5.69 Å². The molecule has 0 spiro atoms. The number of rotatable bonds is 6. The SMILES string of the molecule is CC[C@]1(c2ccc([N+](=O)[O-])cc2)CCC(=O)N(OCc2ccccc2)C1=O. The minimum atomic E-state index is -0.931. The summed E-state index contributed by atoms with van der Waals surface area (Å²) in [6.45, 7) is 1.98. The highest BCUT2D eigenvalue weighted by molar-refractivity contribution is 6.02. The smallest absolute Gasteiger partial charge is 0.269 e. The summed E-state index contributed by atoms with van der Waals surface area (Å²) >= 11 is 0. The van der Waals surface area contributed by atoms with Gasteiger partial charge in [0.25, 0.3) is 17.5 Å². The number of hydroxylamine groups is 2. The number of carbonyl (C=O) groups is 2. The minimum absolute atomic E-state index is 0.0403. The summed E-state index contributed by atoms with van der Waals surface area (Å²) in [5, 5.41) is 11.7. The number of piperidine rings is 1. The lowest BCUT2D eigenvalue weighted by Gasteiger charge is -2.39. The number of hydrogen-bond donors (Lipinski definition) is 0. The molecule has 3 rings (SSSR count). The molecule has 7 nitrogen and oxygen atoms in total. The third-order valence-corrected chi connectivity index (χ3v) is 5.02. The van der Waals surface area contributed by atoms with E-state index in [4.69, 9.17) is 4.84 Å². The summed E-state index contributed by atoms with van der Waals surface area (Å²) in [5.74, 6) is -0.798.